The quantitative estimate of drug-likeness (QED) is 0.205. The maximum absolute atomic E-state index is 6.30. The number of thiophene rings is 1. The Hall–Kier alpha value is -5.78. The first-order valence-electron chi connectivity index (χ1n) is 15.0. The van der Waals surface area contributed by atoms with Crippen LogP contribution in [-0.4, -0.2) is 14.5 Å². The molecule has 4 aromatic heterocycles. The molecule has 0 amide bonds. The van der Waals surface area contributed by atoms with Crippen LogP contribution in [0.4, 0.5) is 0 Å². The lowest BCUT2D eigenvalue weighted by atomic mass is 10.1. The lowest BCUT2D eigenvalue weighted by molar-refractivity contribution is 0.669. The molecule has 0 aliphatic heterocycles. The second kappa shape index (κ2) is 9.36. The SMILES string of the molecule is c1ccc(-c2nc(-c3ccc(-n4c5ccccc5c5ccc6oc7ccccc7c6c54)cc3)nc3c2sc2ccccc23)cc1. The van der Waals surface area contributed by atoms with E-state index in [1.807, 2.05) is 18.2 Å². The average molecular weight is 594 g/mol. The van der Waals surface area contributed by atoms with Gasteiger partial charge in [0.25, 0.3) is 0 Å². The summed E-state index contributed by atoms with van der Waals surface area (Å²) in [5.74, 6) is 0.724. The number of para-hydroxylation sites is 2. The maximum Gasteiger partial charge on any atom is 0.160 e. The monoisotopic (exact) mass is 593 g/mol. The first-order valence-corrected chi connectivity index (χ1v) is 15.8. The van der Waals surface area contributed by atoms with Gasteiger partial charge < -0.3 is 8.98 Å². The van der Waals surface area contributed by atoms with Gasteiger partial charge in [0.1, 0.15) is 11.2 Å². The van der Waals surface area contributed by atoms with Crippen LogP contribution in [0.15, 0.2) is 144 Å². The van der Waals surface area contributed by atoms with Crippen molar-refractivity contribution < 1.29 is 4.42 Å². The minimum absolute atomic E-state index is 0.724. The molecule has 10 rings (SSSR count). The van der Waals surface area contributed by atoms with Gasteiger partial charge in [0.2, 0.25) is 0 Å². The van der Waals surface area contributed by atoms with E-state index >= 15 is 0 Å². The molecule has 0 N–H and O–H groups in total. The summed E-state index contributed by atoms with van der Waals surface area (Å²) in [6, 6.07) is 48.8. The maximum atomic E-state index is 6.30. The smallest absolute Gasteiger partial charge is 0.160 e. The molecule has 0 aliphatic rings. The molecule has 0 radical (unpaired) electrons. The summed E-state index contributed by atoms with van der Waals surface area (Å²) in [4.78, 5) is 10.3. The predicted octanol–water partition coefficient (Wildman–Crippen LogP) is 11.2. The third-order valence-corrected chi connectivity index (χ3v) is 9.99. The van der Waals surface area contributed by atoms with E-state index in [1.54, 1.807) is 11.3 Å². The van der Waals surface area contributed by atoms with E-state index in [4.69, 9.17) is 14.4 Å². The summed E-state index contributed by atoms with van der Waals surface area (Å²) in [7, 11) is 0. The second-order valence-electron chi connectivity index (χ2n) is 11.4. The van der Waals surface area contributed by atoms with Crippen LogP contribution < -0.4 is 0 Å². The fraction of sp³-hybridized carbons (Fsp3) is 0. The van der Waals surface area contributed by atoms with Crippen molar-refractivity contribution in [3.63, 3.8) is 0 Å². The van der Waals surface area contributed by atoms with Crippen LogP contribution in [0.3, 0.4) is 0 Å². The van der Waals surface area contributed by atoms with Gasteiger partial charge in [-0.05, 0) is 54.6 Å². The highest BCUT2D eigenvalue weighted by molar-refractivity contribution is 7.26. The molecule has 5 heteroatoms. The molecule has 0 bridgehead atoms. The average Bonchev–Trinajstić information content (AvgIpc) is 3.78. The molecule has 0 fully saturated rings. The van der Waals surface area contributed by atoms with Gasteiger partial charge in [0, 0.05) is 43.1 Å². The van der Waals surface area contributed by atoms with Gasteiger partial charge >= 0.3 is 0 Å². The summed E-state index contributed by atoms with van der Waals surface area (Å²) in [5.41, 5.74) is 9.22. The van der Waals surface area contributed by atoms with E-state index < -0.39 is 0 Å². The molecule has 4 heterocycles. The van der Waals surface area contributed by atoms with Crippen LogP contribution in [0.2, 0.25) is 0 Å². The van der Waals surface area contributed by atoms with Crippen LogP contribution >= 0.6 is 11.3 Å². The topological polar surface area (TPSA) is 43.9 Å². The minimum atomic E-state index is 0.724. The Morgan fingerprint density at radius 1 is 0.533 bits per heavy atom. The van der Waals surface area contributed by atoms with Crippen LogP contribution in [0.5, 0.6) is 0 Å². The zero-order valence-corrected chi connectivity index (χ0v) is 24.8. The van der Waals surface area contributed by atoms with Gasteiger partial charge in [-0.3, -0.25) is 0 Å². The van der Waals surface area contributed by atoms with E-state index in [0.717, 1.165) is 76.9 Å². The first-order chi connectivity index (χ1) is 22.3. The normalized spacial score (nSPS) is 12.0. The lowest BCUT2D eigenvalue weighted by Gasteiger charge is -2.11. The Kier molecular flexibility index (Phi) is 5.12. The van der Waals surface area contributed by atoms with Crippen molar-refractivity contribution >= 4 is 75.4 Å². The van der Waals surface area contributed by atoms with Crippen molar-refractivity contribution in [2.24, 2.45) is 0 Å². The van der Waals surface area contributed by atoms with Crippen molar-refractivity contribution in [1.29, 1.82) is 0 Å². The molecule has 0 atom stereocenters. The van der Waals surface area contributed by atoms with E-state index in [9.17, 15) is 0 Å². The number of fused-ring (bicyclic) bond motifs is 10. The second-order valence-corrected chi connectivity index (χ2v) is 12.4. The highest BCUT2D eigenvalue weighted by Gasteiger charge is 2.20. The first kappa shape index (κ1) is 24.6. The van der Waals surface area contributed by atoms with E-state index in [0.29, 0.717) is 0 Å². The van der Waals surface area contributed by atoms with Gasteiger partial charge in [-0.25, -0.2) is 9.97 Å². The van der Waals surface area contributed by atoms with Crippen molar-refractivity contribution in [2.45, 2.75) is 0 Å². The van der Waals surface area contributed by atoms with Gasteiger partial charge in [-0.15, -0.1) is 11.3 Å². The highest BCUT2D eigenvalue weighted by atomic mass is 32.1. The summed E-state index contributed by atoms with van der Waals surface area (Å²) >= 11 is 1.76. The molecule has 10 aromatic rings. The summed E-state index contributed by atoms with van der Waals surface area (Å²) in [6.07, 6.45) is 0. The number of aromatic nitrogens is 3. The molecule has 210 valence electrons. The molecule has 0 unspecified atom stereocenters. The van der Waals surface area contributed by atoms with Crippen LogP contribution in [0.25, 0.3) is 92.4 Å². The zero-order chi connectivity index (χ0) is 29.5. The number of hydrogen-bond donors (Lipinski definition) is 0. The van der Waals surface area contributed by atoms with E-state index in [1.165, 1.54) is 15.5 Å². The summed E-state index contributed by atoms with van der Waals surface area (Å²) in [6.45, 7) is 0. The van der Waals surface area contributed by atoms with Gasteiger partial charge in [-0.1, -0.05) is 84.9 Å². The number of hydrogen-bond acceptors (Lipinski definition) is 4. The van der Waals surface area contributed by atoms with Crippen molar-refractivity contribution in [1.82, 2.24) is 14.5 Å². The highest BCUT2D eigenvalue weighted by Crippen LogP contribution is 2.42. The van der Waals surface area contributed by atoms with E-state index in [-0.39, 0.29) is 0 Å². The Balaban J connectivity index is 1.21. The minimum Gasteiger partial charge on any atom is -0.456 e. The third kappa shape index (κ3) is 3.59. The number of furan rings is 1. The molecule has 6 aromatic carbocycles. The number of rotatable bonds is 3. The largest absolute Gasteiger partial charge is 0.456 e. The summed E-state index contributed by atoms with van der Waals surface area (Å²) in [5, 5.41) is 5.84. The molecular weight excluding hydrogens is 571 g/mol. The predicted molar refractivity (Wildman–Crippen MR) is 187 cm³/mol. The van der Waals surface area contributed by atoms with Crippen molar-refractivity contribution in [3.8, 4) is 28.3 Å². The molecule has 0 saturated carbocycles. The van der Waals surface area contributed by atoms with Gasteiger partial charge in [-0.2, -0.15) is 0 Å². The fourth-order valence-electron chi connectivity index (χ4n) is 6.80. The van der Waals surface area contributed by atoms with E-state index in [2.05, 4.69) is 126 Å². The van der Waals surface area contributed by atoms with Crippen molar-refractivity contribution in [2.75, 3.05) is 0 Å². The molecule has 0 saturated heterocycles. The Bertz CT molecular complexity index is 2750. The summed E-state index contributed by atoms with van der Waals surface area (Å²) < 4.78 is 11.0. The van der Waals surface area contributed by atoms with Crippen LogP contribution in [-0.2, 0) is 0 Å². The van der Waals surface area contributed by atoms with Crippen molar-refractivity contribution in [3.05, 3.63) is 140 Å². The standard InChI is InChI=1S/C40H23N3OS/c1-2-10-24(11-3-1)36-39-37(30-14-6-9-17-34(30)45-39)42-40(41-36)25-18-20-26(21-19-25)43-31-15-7-4-12-27(31)28-22-23-33-35(38(28)43)29-13-5-8-16-32(29)44-33/h1-23H. The lowest BCUT2D eigenvalue weighted by Crippen LogP contribution is -1.96. The zero-order valence-electron chi connectivity index (χ0n) is 23.9. The van der Waals surface area contributed by atoms with Crippen LogP contribution in [0, 0.1) is 0 Å². The Morgan fingerprint density at radius 3 is 2.13 bits per heavy atom. The Morgan fingerprint density at radius 2 is 1.27 bits per heavy atom. The molecular formula is C40H23N3OS. The third-order valence-electron chi connectivity index (χ3n) is 8.83. The number of nitrogens with zero attached hydrogens (tertiary/aromatic N) is 3. The Labute approximate surface area is 261 Å². The van der Waals surface area contributed by atoms with Gasteiger partial charge in [0.05, 0.1) is 32.3 Å². The molecule has 0 spiro atoms. The number of benzene rings is 6. The fourth-order valence-corrected chi connectivity index (χ4v) is 7.96. The van der Waals surface area contributed by atoms with Gasteiger partial charge in [0.15, 0.2) is 5.82 Å². The van der Waals surface area contributed by atoms with Crippen LogP contribution in [0.1, 0.15) is 0 Å². The molecule has 4 nitrogen and oxygen atoms in total. The molecule has 0 aliphatic carbocycles. The molecule has 45 heavy (non-hydrogen) atoms.